The molecule has 0 spiro atoms. The quantitative estimate of drug-likeness (QED) is 0.374. The third-order valence-corrected chi connectivity index (χ3v) is 6.45. The van der Waals surface area contributed by atoms with Crippen LogP contribution >= 0.6 is 11.3 Å². The highest BCUT2D eigenvalue weighted by Crippen LogP contribution is 2.21. The summed E-state index contributed by atoms with van der Waals surface area (Å²) in [5, 5.41) is 8.33. The number of hydrogen-bond donors (Lipinski definition) is 2. The number of aryl methyl sites for hydroxylation is 1. The van der Waals surface area contributed by atoms with Gasteiger partial charge in [-0.3, -0.25) is 0 Å². The van der Waals surface area contributed by atoms with Crippen LogP contribution in [0.4, 0.5) is 11.6 Å². The maximum atomic E-state index is 12.5. The third-order valence-electron chi connectivity index (χ3n) is 5.52. The van der Waals surface area contributed by atoms with Crippen molar-refractivity contribution in [2.24, 2.45) is 0 Å². The number of piperidine rings is 1. The first-order valence-electron chi connectivity index (χ1n) is 11.5. The van der Waals surface area contributed by atoms with Crippen LogP contribution in [0.5, 0.6) is 0 Å². The molecule has 1 aliphatic rings. The Morgan fingerprint density at radius 3 is 2.71 bits per heavy atom. The summed E-state index contributed by atoms with van der Waals surface area (Å²) in [6.45, 7) is 3.70. The predicted molar refractivity (Wildman–Crippen MR) is 134 cm³/mol. The minimum atomic E-state index is -0.265. The van der Waals surface area contributed by atoms with Crippen molar-refractivity contribution in [1.29, 1.82) is 0 Å². The minimum absolute atomic E-state index is 0.0119. The van der Waals surface area contributed by atoms with Gasteiger partial charge < -0.3 is 15.4 Å². The maximum absolute atomic E-state index is 12.5. The Morgan fingerprint density at radius 1 is 1.09 bits per heavy atom. The molecular weight excluding hydrogens is 462 g/mol. The topological polar surface area (TPSA) is 115 Å². The highest BCUT2D eigenvalue weighted by molar-refractivity contribution is 7.10. The summed E-state index contributed by atoms with van der Waals surface area (Å²) in [4.78, 5) is 35.9. The molecule has 5 rings (SSSR count). The first-order chi connectivity index (χ1) is 17.1. The van der Waals surface area contributed by atoms with Crippen molar-refractivity contribution in [2.75, 3.05) is 18.4 Å². The summed E-state index contributed by atoms with van der Waals surface area (Å²) in [6.07, 6.45) is 5.60. The molecule has 5 heterocycles. The molecule has 0 saturated carbocycles. The van der Waals surface area contributed by atoms with Gasteiger partial charge in [-0.05, 0) is 63.2 Å². The number of rotatable bonds is 7. The molecule has 0 bridgehead atoms. The second-order valence-electron chi connectivity index (χ2n) is 8.25. The lowest BCUT2D eigenvalue weighted by Crippen LogP contribution is -2.33. The summed E-state index contributed by atoms with van der Waals surface area (Å²) >= 11 is 1.50. The Bertz CT molecular complexity index is 1320. The fourth-order valence-corrected chi connectivity index (χ4v) is 4.62. The number of anilines is 2. The number of pyridine rings is 1. The molecular formula is C25H25N7O2S. The van der Waals surface area contributed by atoms with Gasteiger partial charge in [-0.1, -0.05) is 6.07 Å². The van der Waals surface area contributed by atoms with E-state index in [0.717, 1.165) is 36.5 Å². The zero-order chi connectivity index (χ0) is 24.0. The van der Waals surface area contributed by atoms with Gasteiger partial charge in [0.05, 0.1) is 5.56 Å². The molecule has 0 atom stereocenters. The Morgan fingerprint density at radius 2 is 1.89 bits per heavy atom. The van der Waals surface area contributed by atoms with E-state index >= 15 is 0 Å². The Labute approximate surface area is 207 Å². The number of hydrogen-bond acceptors (Lipinski definition) is 10. The molecule has 4 aromatic rings. The molecule has 1 saturated heterocycles. The van der Waals surface area contributed by atoms with E-state index in [1.165, 1.54) is 11.3 Å². The van der Waals surface area contributed by atoms with Crippen LogP contribution in [0, 0.1) is 6.92 Å². The van der Waals surface area contributed by atoms with Gasteiger partial charge >= 0.3 is 5.97 Å². The van der Waals surface area contributed by atoms with Crippen LogP contribution in [0.1, 0.15) is 39.6 Å². The number of nitrogens with zero attached hydrogens (tertiary/aromatic N) is 5. The highest BCUT2D eigenvalue weighted by atomic mass is 32.1. The number of thiophene rings is 1. The molecule has 1 aliphatic heterocycles. The first-order valence-corrected chi connectivity index (χ1v) is 12.4. The molecule has 0 aliphatic carbocycles. The number of carbonyl (C=O) groups excluding carboxylic acids is 1. The van der Waals surface area contributed by atoms with Crippen molar-refractivity contribution in [3.63, 3.8) is 0 Å². The molecule has 10 heteroatoms. The zero-order valence-corrected chi connectivity index (χ0v) is 20.1. The predicted octanol–water partition coefficient (Wildman–Crippen LogP) is 3.94. The van der Waals surface area contributed by atoms with Crippen LogP contribution in [-0.4, -0.2) is 50.1 Å². The van der Waals surface area contributed by atoms with E-state index in [4.69, 9.17) is 4.74 Å². The van der Waals surface area contributed by atoms with Gasteiger partial charge in [0.2, 0.25) is 0 Å². The fraction of sp³-hybridized carbons (Fsp3) is 0.280. The minimum Gasteiger partial charge on any atom is -0.459 e. The second-order valence-corrected chi connectivity index (χ2v) is 9.24. The lowest BCUT2D eigenvalue weighted by atomic mass is 10.1. The molecule has 0 radical (unpaired) electrons. The van der Waals surface area contributed by atoms with Gasteiger partial charge in [0.1, 0.15) is 29.3 Å². The third kappa shape index (κ3) is 6.03. The molecule has 0 unspecified atom stereocenters. The standard InChI is InChI=1S/C25H25N7O2S/c1-16-3-2-4-20(29-16)24-28-12-8-22(32-24)30-21-7-11-27-23(31-21)14-19-13-17(15-35-19)25(33)34-18-5-9-26-10-6-18/h2-4,7-8,11-13,15,18,26H,5-6,9-10,14H2,1H3,(H,27,28,30,31,32). The van der Waals surface area contributed by atoms with Crippen molar-refractivity contribution >= 4 is 28.9 Å². The monoisotopic (exact) mass is 487 g/mol. The summed E-state index contributed by atoms with van der Waals surface area (Å²) in [6, 6.07) is 11.2. The summed E-state index contributed by atoms with van der Waals surface area (Å²) in [7, 11) is 0. The average molecular weight is 488 g/mol. The second kappa shape index (κ2) is 10.7. The van der Waals surface area contributed by atoms with E-state index in [-0.39, 0.29) is 12.1 Å². The van der Waals surface area contributed by atoms with Gasteiger partial charge in [0.25, 0.3) is 0 Å². The molecule has 1 fully saturated rings. The van der Waals surface area contributed by atoms with Crippen molar-refractivity contribution in [3.05, 3.63) is 76.1 Å². The summed E-state index contributed by atoms with van der Waals surface area (Å²) < 4.78 is 5.64. The highest BCUT2D eigenvalue weighted by Gasteiger charge is 2.19. The lowest BCUT2D eigenvalue weighted by Gasteiger charge is -2.22. The van der Waals surface area contributed by atoms with Crippen molar-refractivity contribution < 1.29 is 9.53 Å². The van der Waals surface area contributed by atoms with Crippen LogP contribution in [0.25, 0.3) is 11.5 Å². The smallest absolute Gasteiger partial charge is 0.339 e. The van der Waals surface area contributed by atoms with Crippen LogP contribution in [-0.2, 0) is 11.2 Å². The number of ether oxygens (including phenoxy) is 1. The van der Waals surface area contributed by atoms with E-state index in [1.54, 1.807) is 24.5 Å². The summed E-state index contributed by atoms with van der Waals surface area (Å²) in [5.74, 6) is 2.15. The van der Waals surface area contributed by atoms with Gasteiger partial charge in [-0.15, -0.1) is 11.3 Å². The summed E-state index contributed by atoms with van der Waals surface area (Å²) in [5.41, 5.74) is 2.20. The molecule has 178 valence electrons. The molecule has 2 N–H and O–H groups in total. The van der Waals surface area contributed by atoms with Crippen molar-refractivity contribution in [1.82, 2.24) is 30.2 Å². The number of esters is 1. The Kier molecular flexibility index (Phi) is 7.01. The number of nitrogens with one attached hydrogen (secondary N) is 2. The largest absolute Gasteiger partial charge is 0.459 e. The van der Waals surface area contributed by atoms with Crippen LogP contribution < -0.4 is 10.6 Å². The van der Waals surface area contributed by atoms with E-state index in [9.17, 15) is 4.79 Å². The molecule has 0 amide bonds. The first kappa shape index (κ1) is 23.0. The van der Waals surface area contributed by atoms with E-state index in [2.05, 4.69) is 35.6 Å². The molecule has 35 heavy (non-hydrogen) atoms. The van der Waals surface area contributed by atoms with Crippen LogP contribution in [0.15, 0.2) is 54.2 Å². The van der Waals surface area contributed by atoms with E-state index in [0.29, 0.717) is 41.0 Å². The van der Waals surface area contributed by atoms with E-state index in [1.807, 2.05) is 36.6 Å². The SMILES string of the molecule is Cc1cccc(-c2nccc(Nc3ccnc(Cc4cc(C(=O)OC5CCNCC5)cs4)n3)n2)n1. The molecule has 4 aromatic heterocycles. The molecule has 0 aromatic carbocycles. The average Bonchev–Trinajstić information content (AvgIpc) is 3.34. The van der Waals surface area contributed by atoms with Crippen LogP contribution in [0.3, 0.4) is 0 Å². The van der Waals surface area contributed by atoms with Gasteiger partial charge in [0.15, 0.2) is 5.82 Å². The zero-order valence-electron chi connectivity index (χ0n) is 19.3. The Hall–Kier alpha value is -3.76. The van der Waals surface area contributed by atoms with E-state index < -0.39 is 0 Å². The normalized spacial score (nSPS) is 14.0. The molecule has 9 nitrogen and oxygen atoms in total. The van der Waals surface area contributed by atoms with Gasteiger partial charge in [-0.2, -0.15) is 0 Å². The van der Waals surface area contributed by atoms with Crippen LogP contribution in [0.2, 0.25) is 0 Å². The fourth-order valence-electron chi connectivity index (χ4n) is 3.77. The van der Waals surface area contributed by atoms with Crippen molar-refractivity contribution in [3.8, 4) is 11.5 Å². The number of carbonyl (C=O) groups is 1. The lowest BCUT2D eigenvalue weighted by molar-refractivity contribution is 0.0230. The Balaban J connectivity index is 1.24. The number of aromatic nitrogens is 5. The van der Waals surface area contributed by atoms with Gasteiger partial charge in [0, 0.05) is 34.8 Å². The maximum Gasteiger partial charge on any atom is 0.339 e. The van der Waals surface area contributed by atoms with Crippen molar-refractivity contribution in [2.45, 2.75) is 32.3 Å². The van der Waals surface area contributed by atoms with Gasteiger partial charge in [-0.25, -0.2) is 29.7 Å².